The van der Waals surface area contributed by atoms with Crippen molar-refractivity contribution in [3.8, 4) is 0 Å². The molecule has 5 nitrogen and oxygen atoms in total. The van der Waals surface area contributed by atoms with Crippen molar-refractivity contribution in [2.24, 2.45) is 0 Å². The quantitative estimate of drug-likeness (QED) is 0.648. The Bertz CT molecular complexity index is 161. The van der Waals surface area contributed by atoms with Crippen molar-refractivity contribution >= 4 is 13.6 Å². The highest BCUT2D eigenvalue weighted by molar-refractivity contribution is 7.54. The molecular weight excluding hydrogens is 173 g/mol. The van der Waals surface area contributed by atoms with Gasteiger partial charge in [0, 0.05) is 0 Å². The molecule has 0 aromatic rings. The largest absolute Gasteiger partial charge is 0.481 e. The molecule has 0 unspecified atom stereocenters. The lowest BCUT2D eigenvalue weighted by Crippen LogP contribution is -2.03. The standard InChI is InChI=1S/C2H3F2O5P/c3-8-10(7,9-4)1-2(5)6/h1H2,(H,5,6). The number of carbonyl (C=O) groups is 1. The molecule has 0 aliphatic rings. The molecule has 1 N–H and O–H groups in total. The average molecular weight is 176 g/mol. The molecule has 0 saturated heterocycles. The molecule has 0 aromatic carbocycles. The van der Waals surface area contributed by atoms with Crippen LogP contribution in [0.15, 0.2) is 0 Å². The van der Waals surface area contributed by atoms with E-state index in [1.807, 2.05) is 0 Å². The summed E-state index contributed by atoms with van der Waals surface area (Å²) in [6, 6.07) is 0. The number of hydrogen-bond acceptors (Lipinski definition) is 4. The minimum absolute atomic E-state index is 1.35. The Labute approximate surface area is 53.9 Å². The van der Waals surface area contributed by atoms with Crippen LogP contribution in [0.4, 0.5) is 9.05 Å². The Morgan fingerprint density at radius 3 is 2.00 bits per heavy atom. The SMILES string of the molecule is O=C(O)CP(=O)(OF)OF. The summed E-state index contributed by atoms with van der Waals surface area (Å²) < 4.78 is 37.2. The van der Waals surface area contributed by atoms with Crippen LogP contribution in [0.2, 0.25) is 0 Å². The highest BCUT2D eigenvalue weighted by Crippen LogP contribution is 2.48. The third kappa shape index (κ3) is 2.86. The van der Waals surface area contributed by atoms with E-state index < -0.39 is 19.7 Å². The molecule has 0 atom stereocenters. The summed E-state index contributed by atoms with van der Waals surface area (Å²) in [4.78, 5) is 9.67. The molecule has 0 aliphatic carbocycles. The van der Waals surface area contributed by atoms with E-state index in [9.17, 15) is 18.4 Å². The summed E-state index contributed by atoms with van der Waals surface area (Å²) in [5, 5.41) is 7.85. The third-order valence-electron chi connectivity index (χ3n) is 0.539. The Morgan fingerprint density at radius 1 is 1.50 bits per heavy atom. The fraction of sp³-hybridized carbons (Fsp3) is 0.500. The Kier molecular flexibility index (Phi) is 3.41. The zero-order valence-electron chi connectivity index (χ0n) is 4.49. The maximum Gasteiger partial charge on any atom is 0.405 e. The Morgan fingerprint density at radius 2 is 1.90 bits per heavy atom. The second-order valence-corrected chi connectivity index (χ2v) is 3.11. The van der Waals surface area contributed by atoms with Crippen molar-refractivity contribution in [1.82, 2.24) is 0 Å². The van der Waals surface area contributed by atoms with Gasteiger partial charge in [0.1, 0.15) is 0 Å². The lowest BCUT2D eigenvalue weighted by Gasteiger charge is -2.01. The van der Waals surface area contributed by atoms with E-state index in [1.54, 1.807) is 0 Å². The minimum Gasteiger partial charge on any atom is -0.481 e. The van der Waals surface area contributed by atoms with Gasteiger partial charge in [0.05, 0.1) is 0 Å². The highest BCUT2D eigenvalue weighted by atomic mass is 31.2. The lowest BCUT2D eigenvalue weighted by atomic mass is 10.8. The molecule has 0 heterocycles. The Hall–Kier alpha value is -0.520. The van der Waals surface area contributed by atoms with E-state index in [0.717, 1.165) is 0 Å². The van der Waals surface area contributed by atoms with Crippen molar-refractivity contribution in [1.29, 1.82) is 0 Å². The fourth-order valence-electron chi connectivity index (χ4n) is 0.225. The topological polar surface area (TPSA) is 72.8 Å². The summed E-state index contributed by atoms with van der Waals surface area (Å²) in [7, 11) is -4.67. The van der Waals surface area contributed by atoms with Crippen LogP contribution < -0.4 is 0 Å². The number of halogens is 2. The molecule has 0 aliphatic heterocycles. The van der Waals surface area contributed by atoms with Crippen LogP contribution in [0.1, 0.15) is 0 Å². The monoisotopic (exact) mass is 176 g/mol. The molecule has 8 heteroatoms. The zero-order chi connectivity index (χ0) is 8.20. The first-order chi connectivity index (χ1) is 4.54. The number of carboxylic acid groups (broad SMARTS) is 1. The first-order valence-electron chi connectivity index (χ1n) is 1.95. The predicted octanol–water partition coefficient (Wildman–Crippen LogP) is 1.07. The molecule has 60 valence electrons. The smallest absolute Gasteiger partial charge is 0.405 e. The average Bonchev–Trinajstić information content (AvgIpc) is 1.87. The normalized spacial score (nSPS) is 11.4. The van der Waals surface area contributed by atoms with Gasteiger partial charge in [-0.3, -0.25) is 9.36 Å². The molecule has 0 spiro atoms. The first-order valence-corrected chi connectivity index (χ1v) is 3.68. The van der Waals surface area contributed by atoms with Gasteiger partial charge in [-0.2, -0.15) is 0 Å². The number of carboxylic acids is 1. The predicted molar refractivity (Wildman–Crippen MR) is 24.5 cm³/mol. The van der Waals surface area contributed by atoms with Gasteiger partial charge >= 0.3 is 13.6 Å². The molecule has 0 rings (SSSR count). The first kappa shape index (κ1) is 9.48. The molecular formula is C2H3F2O5P. The molecule has 0 saturated carbocycles. The fourth-order valence-corrected chi connectivity index (χ4v) is 0.675. The maximum atomic E-state index is 11.0. The molecule has 10 heavy (non-hydrogen) atoms. The van der Waals surface area contributed by atoms with E-state index in [4.69, 9.17) is 5.11 Å². The highest BCUT2D eigenvalue weighted by Gasteiger charge is 2.31. The zero-order valence-corrected chi connectivity index (χ0v) is 5.38. The summed E-state index contributed by atoms with van der Waals surface area (Å²) in [6.07, 6.45) is -1.35. The van der Waals surface area contributed by atoms with Crippen LogP contribution in [0.25, 0.3) is 0 Å². The maximum absolute atomic E-state index is 11.0. The Balaban J connectivity index is 4.07. The van der Waals surface area contributed by atoms with Gasteiger partial charge in [-0.05, 0) is 9.05 Å². The molecule has 0 amide bonds. The van der Waals surface area contributed by atoms with Crippen LogP contribution >= 0.6 is 7.60 Å². The van der Waals surface area contributed by atoms with Gasteiger partial charge in [-0.1, -0.05) is 0 Å². The van der Waals surface area contributed by atoms with Crippen LogP contribution in [-0.2, 0) is 18.8 Å². The minimum atomic E-state index is -4.67. The number of hydrogen-bond donors (Lipinski definition) is 1. The van der Waals surface area contributed by atoms with Crippen molar-refractivity contribution in [3.63, 3.8) is 0 Å². The van der Waals surface area contributed by atoms with Gasteiger partial charge in [-0.15, -0.1) is 9.46 Å². The summed E-state index contributed by atoms with van der Waals surface area (Å²) in [6.45, 7) is 0. The number of aliphatic carboxylic acids is 1. The van der Waals surface area contributed by atoms with Crippen LogP contribution in [0.5, 0.6) is 0 Å². The summed E-state index contributed by atoms with van der Waals surface area (Å²) in [5.41, 5.74) is 0. The molecule has 0 fully saturated rings. The van der Waals surface area contributed by atoms with Crippen molar-refractivity contribution in [2.75, 3.05) is 6.16 Å². The summed E-state index contributed by atoms with van der Waals surface area (Å²) in [5.74, 6) is -1.68. The van der Waals surface area contributed by atoms with Gasteiger partial charge in [0.25, 0.3) is 0 Å². The van der Waals surface area contributed by atoms with Crippen molar-refractivity contribution in [3.05, 3.63) is 0 Å². The van der Waals surface area contributed by atoms with Gasteiger partial charge in [-0.25, -0.2) is 0 Å². The van der Waals surface area contributed by atoms with E-state index in [0.29, 0.717) is 0 Å². The van der Waals surface area contributed by atoms with Crippen LogP contribution in [-0.4, -0.2) is 17.2 Å². The molecule has 0 bridgehead atoms. The van der Waals surface area contributed by atoms with Crippen molar-refractivity contribution < 1.29 is 33.0 Å². The molecule has 0 aromatic heterocycles. The van der Waals surface area contributed by atoms with Gasteiger partial charge in [0.15, 0.2) is 6.16 Å². The molecule has 0 radical (unpaired) electrons. The van der Waals surface area contributed by atoms with Gasteiger partial charge in [0.2, 0.25) is 0 Å². The second-order valence-electron chi connectivity index (χ2n) is 1.30. The van der Waals surface area contributed by atoms with Crippen molar-refractivity contribution in [2.45, 2.75) is 0 Å². The summed E-state index contributed by atoms with van der Waals surface area (Å²) >= 11 is 0. The lowest BCUT2D eigenvalue weighted by molar-refractivity contribution is -0.136. The van der Waals surface area contributed by atoms with Gasteiger partial charge < -0.3 is 5.11 Å². The second kappa shape index (κ2) is 3.60. The van der Waals surface area contributed by atoms with Crippen LogP contribution in [0.3, 0.4) is 0 Å². The van der Waals surface area contributed by atoms with E-state index in [2.05, 4.69) is 9.46 Å². The van der Waals surface area contributed by atoms with E-state index in [1.165, 1.54) is 0 Å². The third-order valence-corrected chi connectivity index (χ3v) is 1.62. The van der Waals surface area contributed by atoms with Crippen LogP contribution in [0, 0.1) is 0 Å². The van der Waals surface area contributed by atoms with E-state index >= 15 is 0 Å². The van der Waals surface area contributed by atoms with E-state index in [-0.39, 0.29) is 0 Å². The number of rotatable bonds is 4.